The molecule has 2 aromatic rings. The second kappa shape index (κ2) is 5.49. The number of sulfonamides is 1. The van der Waals surface area contributed by atoms with Crippen LogP contribution in [0.4, 0.5) is 0 Å². The van der Waals surface area contributed by atoms with Crippen molar-refractivity contribution < 1.29 is 8.42 Å². The van der Waals surface area contributed by atoms with Crippen LogP contribution in [0.3, 0.4) is 0 Å². The van der Waals surface area contributed by atoms with Gasteiger partial charge in [0, 0.05) is 24.8 Å². The van der Waals surface area contributed by atoms with Crippen molar-refractivity contribution >= 4 is 10.0 Å². The molecule has 1 aliphatic rings. The van der Waals surface area contributed by atoms with E-state index in [4.69, 9.17) is 5.73 Å². The monoisotopic (exact) mass is 320 g/mol. The van der Waals surface area contributed by atoms with E-state index >= 15 is 0 Å². The molecule has 3 rings (SSSR count). The predicted molar refractivity (Wildman–Crippen MR) is 83.8 cm³/mol. The Kier molecular flexibility index (Phi) is 3.80. The number of nitrogens with two attached hydrogens (primary N) is 1. The molecule has 0 amide bonds. The van der Waals surface area contributed by atoms with E-state index < -0.39 is 10.0 Å². The average molecular weight is 320 g/mol. The van der Waals surface area contributed by atoms with Crippen LogP contribution < -0.4 is 10.5 Å². The molecule has 118 valence electrons. The highest BCUT2D eigenvalue weighted by molar-refractivity contribution is 7.89. The molecule has 2 atom stereocenters. The summed E-state index contributed by atoms with van der Waals surface area (Å²) in [5.74, 6) is 0.682. The number of rotatable bonds is 4. The summed E-state index contributed by atoms with van der Waals surface area (Å²) in [5.41, 5.74) is 8.28. The number of benzene rings is 1. The van der Waals surface area contributed by atoms with Crippen molar-refractivity contribution in [2.24, 2.45) is 5.73 Å². The third-order valence-electron chi connectivity index (χ3n) is 4.16. The Balaban J connectivity index is 1.84. The minimum Gasteiger partial charge on any atom is -0.334 e. The molecular formula is C15H20N4O2S. The Bertz CT molecular complexity index is 798. The highest BCUT2D eigenvalue weighted by Crippen LogP contribution is 2.30. The maximum absolute atomic E-state index is 12.5. The van der Waals surface area contributed by atoms with Gasteiger partial charge in [-0.15, -0.1) is 0 Å². The second-order valence-electron chi connectivity index (χ2n) is 5.57. The number of hydrogen-bond donors (Lipinski definition) is 2. The van der Waals surface area contributed by atoms with Crippen molar-refractivity contribution in [3.8, 4) is 0 Å². The van der Waals surface area contributed by atoms with Gasteiger partial charge in [-0.3, -0.25) is 0 Å². The molecule has 0 radical (unpaired) electrons. The molecule has 3 N–H and O–H groups in total. The minimum atomic E-state index is -3.67. The van der Waals surface area contributed by atoms with Crippen molar-refractivity contribution in [2.75, 3.05) is 0 Å². The van der Waals surface area contributed by atoms with Gasteiger partial charge in [0.15, 0.2) is 5.03 Å². The van der Waals surface area contributed by atoms with Gasteiger partial charge in [-0.1, -0.05) is 24.3 Å². The molecule has 0 fully saturated rings. The van der Waals surface area contributed by atoms with E-state index in [0.29, 0.717) is 18.8 Å². The van der Waals surface area contributed by atoms with Gasteiger partial charge in [0.1, 0.15) is 5.82 Å². The minimum absolute atomic E-state index is 0.0509. The van der Waals surface area contributed by atoms with Crippen LogP contribution >= 0.6 is 0 Å². The zero-order valence-corrected chi connectivity index (χ0v) is 13.5. The lowest BCUT2D eigenvalue weighted by molar-refractivity contribution is 0.513. The summed E-state index contributed by atoms with van der Waals surface area (Å²) in [5, 5.41) is 0.0509. The molecule has 6 nitrogen and oxygen atoms in total. The number of nitrogens with one attached hydrogen (secondary N) is 1. The topological polar surface area (TPSA) is 90.0 Å². The molecule has 1 aliphatic carbocycles. The van der Waals surface area contributed by atoms with Crippen LogP contribution in [-0.2, 0) is 23.0 Å². The fraction of sp³-hybridized carbons (Fsp3) is 0.400. The third kappa shape index (κ3) is 2.55. The first-order valence-corrected chi connectivity index (χ1v) is 8.80. The second-order valence-corrected chi connectivity index (χ2v) is 7.23. The molecule has 7 heteroatoms. The first-order chi connectivity index (χ1) is 10.4. The van der Waals surface area contributed by atoms with E-state index in [9.17, 15) is 8.42 Å². The van der Waals surface area contributed by atoms with E-state index in [-0.39, 0.29) is 17.1 Å². The Labute approximate surface area is 130 Å². The number of imidazole rings is 1. The lowest BCUT2D eigenvalue weighted by Gasteiger charge is -2.17. The number of hydrogen-bond acceptors (Lipinski definition) is 4. The molecule has 1 aromatic carbocycles. The molecule has 0 unspecified atom stereocenters. The van der Waals surface area contributed by atoms with Gasteiger partial charge in [-0.05, 0) is 31.4 Å². The molecule has 0 spiro atoms. The fourth-order valence-electron chi connectivity index (χ4n) is 2.93. The normalized spacial score (nSPS) is 21.0. The molecule has 0 saturated heterocycles. The van der Waals surface area contributed by atoms with Crippen LogP contribution in [0.2, 0.25) is 0 Å². The number of aryl methyl sites for hydroxylation is 2. The van der Waals surface area contributed by atoms with Crippen molar-refractivity contribution in [2.45, 2.75) is 43.9 Å². The lowest BCUT2D eigenvalue weighted by atomic mass is 10.1. The molecule has 0 aliphatic heterocycles. The number of aromatic nitrogens is 2. The van der Waals surface area contributed by atoms with Gasteiger partial charge in [0.2, 0.25) is 0 Å². The molecule has 0 bridgehead atoms. The standard InChI is InChI=1S/C15H20N4O2S/c1-3-19-9-14(17-10(19)2)22(20,21)18-13-8-11-6-4-5-7-12(11)15(13)16/h4-7,9,13,15,18H,3,8,16H2,1-2H3/t13-,15-/m1/s1. The summed E-state index contributed by atoms with van der Waals surface area (Å²) in [6, 6.07) is 7.12. The smallest absolute Gasteiger partial charge is 0.259 e. The SMILES string of the molecule is CCn1cc(S(=O)(=O)N[C@@H]2Cc3ccccc3[C@H]2N)nc1C. The predicted octanol–water partition coefficient (Wildman–Crippen LogP) is 1.11. The van der Waals surface area contributed by atoms with Crippen LogP contribution in [0.15, 0.2) is 35.5 Å². The fourth-order valence-corrected chi connectivity index (χ4v) is 4.20. The number of fused-ring (bicyclic) bond motifs is 1. The van der Waals surface area contributed by atoms with Gasteiger partial charge >= 0.3 is 0 Å². The van der Waals surface area contributed by atoms with Crippen molar-refractivity contribution in [3.05, 3.63) is 47.4 Å². The Morgan fingerprint density at radius 2 is 2.14 bits per heavy atom. The van der Waals surface area contributed by atoms with Crippen LogP contribution in [0.5, 0.6) is 0 Å². The van der Waals surface area contributed by atoms with E-state index in [2.05, 4.69) is 9.71 Å². The van der Waals surface area contributed by atoms with E-state index in [1.54, 1.807) is 17.7 Å². The maximum atomic E-state index is 12.5. The highest BCUT2D eigenvalue weighted by Gasteiger charge is 2.33. The largest absolute Gasteiger partial charge is 0.334 e. The summed E-state index contributed by atoms with van der Waals surface area (Å²) < 4.78 is 29.6. The van der Waals surface area contributed by atoms with Crippen molar-refractivity contribution in [1.82, 2.24) is 14.3 Å². The average Bonchev–Trinajstić information content (AvgIpc) is 3.01. The van der Waals surface area contributed by atoms with Crippen molar-refractivity contribution in [1.29, 1.82) is 0 Å². The first kappa shape index (κ1) is 15.2. The van der Waals surface area contributed by atoms with Gasteiger partial charge in [0.25, 0.3) is 10.0 Å². The van der Waals surface area contributed by atoms with Crippen molar-refractivity contribution in [3.63, 3.8) is 0 Å². The Morgan fingerprint density at radius 3 is 2.77 bits per heavy atom. The lowest BCUT2D eigenvalue weighted by Crippen LogP contribution is -2.40. The summed E-state index contributed by atoms with van der Waals surface area (Å²) in [6.45, 7) is 4.42. The molecule has 0 saturated carbocycles. The van der Waals surface area contributed by atoms with Gasteiger partial charge < -0.3 is 10.3 Å². The third-order valence-corrected chi connectivity index (χ3v) is 5.52. The van der Waals surface area contributed by atoms with Crippen LogP contribution in [-0.4, -0.2) is 24.0 Å². The summed E-state index contributed by atoms with van der Waals surface area (Å²) >= 11 is 0. The molecule has 1 aromatic heterocycles. The quantitative estimate of drug-likeness (QED) is 0.883. The van der Waals surface area contributed by atoms with E-state index in [0.717, 1.165) is 11.1 Å². The molecule has 22 heavy (non-hydrogen) atoms. The number of nitrogens with zero attached hydrogens (tertiary/aromatic N) is 2. The Hall–Kier alpha value is -1.70. The van der Waals surface area contributed by atoms with Crippen LogP contribution in [0.1, 0.15) is 29.9 Å². The molecular weight excluding hydrogens is 300 g/mol. The van der Waals surface area contributed by atoms with E-state index in [1.165, 1.54) is 0 Å². The zero-order chi connectivity index (χ0) is 15.9. The molecule has 1 heterocycles. The first-order valence-electron chi connectivity index (χ1n) is 7.32. The van der Waals surface area contributed by atoms with Crippen LogP contribution in [0.25, 0.3) is 0 Å². The highest BCUT2D eigenvalue weighted by atomic mass is 32.2. The van der Waals surface area contributed by atoms with E-state index in [1.807, 2.05) is 31.2 Å². The summed E-state index contributed by atoms with van der Waals surface area (Å²) in [4.78, 5) is 4.14. The van der Waals surface area contributed by atoms with Gasteiger partial charge in [-0.2, -0.15) is 0 Å². The van der Waals surface area contributed by atoms with Gasteiger partial charge in [0.05, 0.1) is 0 Å². The van der Waals surface area contributed by atoms with Crippen LogP contribution in [0, 0.1) is 6.92 Å². The summed E-state index contributed by atoms with van der Waals surface area (Å²) in [7, 11) is -3.67. The maximum Gasteiger partial charge on any atom is 0.259 e. The zero-order valence-electron chi connectivity index (χ0n) is 12.7. The summed E-state index contributed by atoms with van der Waals surface area (Å²) in [6.07, 6.45) is 2.16. The van der Waals surface area contributed by atoms with Gasteiger partial charge in [-0.25, -0.2) is 18.1 Å². The Morgan fingerprint density at radius 1 is 1.41 bits per heavy atom.